The molecule has 2 heterocycles. The average Bonchev–Trinajstić information content (AvgIpc) is 3.02. The van der Waals surface area contributed by atoms with Gasteiger partial charge in [-0.25, -0.2) is 4.98 Å². The Morgan fingerprint density at radius 2 is 2.04 bits per heavy atom. The van der Waals surface area contributed by atoms with Gasteiger partial charge in [0.05, 0.1) is 11.0 Å². The molecule has 1 aromatic heterocycles. The van der Waals surface area contributed by atoms with E-state index < -0.39 is 0 Å². The standard InChI is InChI=1S/C18H25N5O2/c1-21(2)18(25)15-12-23(11-10-22(15)3)17(24)9-8-16-19-13-6-4-5-7-14(13)20-16/h4-7,15H,8-12H2,1-3H3,(H,19,20)/t15-/m1/s1. The van der Waals surface area contributed by atoms with Crippen molar-refractivity contribution in [3.8, 4) is 0 Å². The van der Waals surface area contributed by atoms with Crippen LogP contribution in [0.1, 0.15) is 12.2 Å². The van der Waals surface area contributed by atoms with Crippen molar-refractivity contribution in [2.75, 3.05) is 40.8 Å². The predicted molar refractivity (Wildman–Crippen MR) is 96.1 cm³/mol. The minimum Gasteiger partial charge on any atom is -0.347 e. The molecule has 0 unspecified atom stereocenters. The van der Waals surface area contributed by atoms with E-state index in [-0.39, 0.29) is 17.9 Å². The van der Waals surface area contributed by atoms with Crippen LogP contribution in [-0.2, 0) is 16.0 Å². The summed E-state index contributed by atoms with van der Waals surface area (Å²) in [5, 5.41) is 0. The molecule has 1 atom stereocenters. The molecule has 2 amide bonds. The smallest absolute Gasteiger partial charge is 0.241 e. The molecule has 7 nitrogen and oxygen atoms in total. The molecule has 134 valence electrons. The average molecular weight is 343 g/mol. The highest BCUT2D eigenvalue weighted by Crippen LogP contribution is 2.14. The van der Waals surface area contributed by atoms with E-state index in [9.17, 15) is 9.59 Å². The van der Waals surface area contributed by atoms with Gasteiger partial charge in [0.25, 0.3) is 0 Å². The van der Waals surface area contributed by atoms with E-state index >= 15 is 0 Å². The summed E-state index contributed by atoms with van der Waals surface area (Å²) in [6, 6.07) is 7.57. The molecule has 1 aliphatic rings. The lowest BCUT2D eigenvalue weighted by atomic mass is 10.1. The van der Waals surface area contributed by atoms with Crippen LogP contribution in [0.5, 0.6) is 0 Å². The van der Waals surface area contributed by atoms with Crippen LogP contribution in [-0.4, -0.2) is 83.3 Å². The quantitative estimate of drug-likeness (QED) is 0.888. The molecule has 0 spiro atoms. The zero-order valence-corrected chi connectivity index (χ0v) is 15.0. The van der Waals surface area contributed by atoms with E-state index in [1.165, 1.54) is 0 Å². The number of aryl methyl sites for hydroxylation is 1. The molecule has 0 saturated carbocycles. The summed E-state index contributed by atoms with van der Waals surface area (Å²) in [4.78, 5) is 38.0. The minimum absolute atomic E-state index is 0.0392. The fourth-order valence-corrected chi connectivity index (χ4v) is 3.17. The number of carbonyl (C=O) groups is 2. The van der Waals surface area contributed by atoms with Gasteiger partial charge in [-0.2, -0.15) is 0 Å². The van der Waals surface area contributed by atoms with Crippen LogP contribution in [0, 0.1) is 0 Å². The van der Waals surface area contributed by atoms with Crippen molar-refractivity contribution in [3.05, 3.63) is 30.1 Å². The Labute approximate surface area is 147 Å². The third kappa shape index (κ3) is 3.82. The number of aromatic nitrogens is 2. The molecule has 1 N–H and O–H groups in total. The first-order valence-electron chi connectivity index (χ1n) is 8.58. The lowest BCUT2D eigenvalue weighted by molar-refractivity contribution is -0.141. The SMILES string of the molecule is CN(C)C(=O)[C@H]1CN(C(=O)CCc2nc3ccccc3[nH]2)CCN1C. The van der Waals surface area contributed by atoms with Crippen molar-refractivity contribution in [2.24, 2.45) is 0 Å². The number of amides is 2. The van der Waals surface area contributed by atoms with Crippen LogP contribution < -0.4 is 0 Å². The van der Waals surface area contributed by atoms with Crippen LogP contribution in [0.2, 0.25) is 0 Å². The molecule has 0 bridgehead atoms. The molecular formula is C18H25N5O2. The maximum absolute atomic E-state index is 12.6. The van der Waals surface area contributed by atoms with Crippen molar-refractivity contribution < 1.29 is 9.59 Å². The molecule has 1 aromatic carbocycles. The van der Waals surface area contributed by atoms with E-state index in [0.717, 1.165) is 16.9 Å². The second-order valence-electron chi connectivity index (χ2n) is 6.77. The maximum Gasteiger partial charge on any atom is 0.241 e. The van der Waals surface area contributed by atoms with Crippen LogP contribution in [0.4, 0.5) is 0 Å². The van der Waals surface area contributed by atoms with Gasteiger partial charge < -0.3 is 14.8 Å². The molecule has 0 aliphatic carbocycles. The van der Waals surface area contributed by atoms with Crippen molar-refractivity contribution in [2.45, 2.75) is 18.9 Å². The number of likely N-dealkylation sites (N-methyl/N-ethyl adjacent to an activating group) is 2. The van der Waals surface area contributed by atoms with Gasteiger partial charge in [-0.3, -0.25) is 14.5 Å². The Morgan fingerprint density at radius 1 is 1.28 bits per heavy atom. The molecule has 0 radical (unpaired) electrons. The van der Waals surface area contributed by atoms with Gasteiger partial charge in [0, 0.05) is 46.6 Å². The van der Waals surface area contributed by atoms with Gasteiger partial charge in [0.1, 0.15) is 11.9 Å². The van der Waals surface area contributed by atoms with Crippen LogP contribution >= 0.6 is 0 Å². The molecular weight excluding hydrogens is 318 g/mol. The van der Waals surface area contributed by atoms with Gasteiger partial charge in [0.2, 0.25) is 11.8 Å². The molecule has 1 saturated heterocycles. The highest BCUT2D eigenvalue weighted by Gasteiger charge is 2.32. The number of imidazole rings is 1. The summed E-state index contributed by atoms with van der Waals surface area (Å²) >= 11 is 0. The Bertz CT molecular complexity index is 737. The number of carbonyl (C=O) groups excluding carboxylic acids is 2. The molecule has 1 aliphatic heterocycles. The number of fused-ring (bicyclic) bond motifs is 1. The summed E-state index contributed by atoms with van der Waals surface area (Å²) in [6.45, 7) is 1.82. The first-order chi connectivity index (χ1) is 12.0. The topological polar surface area (TPSA) is 72.5 Å². The summed E-state index contributed by atoms with van der Waals surface area (Å²) in [7, 11) is 5.43. The van der Waals surface area contributed by atoms with Gasteiger partial charge in [0.15, 0.2) is 0 Å². The monoisotopic (exact) mass is 343 g/mol. The van der Waals surface area contributed by atoms with Crippen LogP contribution in [0.25, 0.3) is 11.0 Å². The third-order valence-corrected chi connectivity index (χ3v) is 4.74. The van der Waals surface area contributed by atoms with Crippen LogP contribution in [0.3, 0.4) is 0 Å². The molecule has 25 heavy (non-hydrogen) atoms. The summed E-state index contributed by atoms with van der Waals surface area (Å²) < 4.78 is 0. The highest BCUT2D eigenvalue weighted by molar-refractivity contribution is 5.83. The molecule has 3 rings (SSSR count). The lowest BCUT2D eigenvalue weighted by Gasteiger charge is -2.39. The molecule has 2 aromatic rings. The fraction of sp³-hybridized carbons (Fsp3) is 0.500. The Kier molecular flexibility index (Phi) is 5.03. The number of benzene rings is 1. The van der Waals surface area contributed by atoms with Gasteiger partial charge in [-0.15, -0.1) is 0 Å². The van der Waals surface area contributed by atoms with Crippen LogP contribution in [0.15, 0.2) is 24.3 Å². The number of rotatable bonds is 4. The Balaban J connectivity index is 1.59. The highest BCUT2D eigenvalue weighted by atomic mass is 16.2. The summed E-state index contributed by atoms with van der Waals surface area (Å²) in [6.07, 6.45) is 0.971. The number of para-hydroxylation sites is 2. The predicted octanol–water partition coefficient (Wildman–Crippen LogP) is 0.726. The number of nitrogens with one attached hydrogen (secondary N) is 1. The van der Waals surface area contributed by atoms with E-state index in [4.69, 9.17) is 0 Å². The van der Waals surface area contributed by atoms with Gasteiger partial charge >= 0.3 is 0 Å². The fourth-order valence-electron chi connectivity index (χ4n) is 3.17. The largest absolute Gasteiger partial charge is 0.347 e. The number of nitrogens with zero attached hydrogens (tertiary/aromatic N) is 4. The Morgan fingerprint density at radius 3 is 2.76 bits per heavy atom. The van der Waals surface area contributed by atoms with Gasteiger partial charge in [-0.05, 0) is 19.2 Å². The number of piperazine rings is 1. The molecule has 7 heteroatoms. The van der Waals surface area contributed by atoms with Gasteiger partial charge in [-0.1, -0.05) is 12.1 Å². The second kappa shape index (κ2) is 7.23. The zero-order valence-electron chi connectivity index (χ0n) is 15.0. The first kappa shape index (κ1) is 17.4. The number of hydrogen-bond acceptors (Lipinski definition) is 4. The Hall–Kier alpha value is -2.41. The maximum atomic E-state index is 12.6. The van der Waals surface area contributed by atoms with Crippen molar-refractivity contribution in [1.82, 2.24) is 24.7 Å². The lowest BCUT2D eigenvalue weighted by Crippen LogP contribution is -2.58. The van der Waals surface area contributed by atoms with E-state index in [1.807, 2.05) is 36.2 Å². The van der Waals surface area contributed by atoms with E-state index in [1.54, 1.807) is 23.9 Å². The summed E-state index contributed by atoms with van der Waals surface area (Å²) in [5.74, 6) is 0.937. The van der Waals surface area contributed by atoms with Crippen molar-refractivity contribution in [1.29, 1.82) is 0 Å². The number of aromatic amines is 1. The zero-order chi connectivity index (χ0) is 18.0. The van der Waals surface area contributed by atoms with E-state index in [0.29, 0.717) is 32.5 Å². The summed E-state index contributed by atoms with van der Waals surface area (Å²) in [5.41, 5.74) is 1.90. The van der Waals surface area contributed by atoms with Crippen molar-refractivity contribution in [3.63, 3.8) is 0 Å². The van der Waals surface area contributed by atoms with Crippen molar-refractivity contribution >= 4 is 22.8 Å². The van der Waals surface area contributed by atoms with E-state index in [2.05, 4.69) is 9.97 Å². The normalized spacial score (nSPS) is 18.5. The number of H-pyrrole nitrogens is 1. The third-order valence-electron chi connectivity index (χ3n) is 4.74. The first-order valence-corrected chi connectivity index (χ1v) is 8.58. The second-order valence-corrected chi connectivity index (χ2v) is 6.77. The number of hydrogen-bond donors (Lipinski definition) is 1. The minimum atomic E-state index is -0.265. The molecule has 1 fully saturated rings.